The number of carboxylic acids is 1. The lowest BCUT2D eigenvalue weighted by atomic mass is 10.0. The molecular formula is C19H13BrN2O3S. The first-order valence-electron chi connectivity index (χ1n) is 7.59. The number of benzene rings is 3. The van der Waals surface area contributed by atoms with Gasteiger partial charge in [-0.2, -0.15) is 0 Å². The second-order valence-electron chi connectivity index (χ2n) is 5.40. The van der Waals surface area contributed by atoms with Gasteiger partial charge in [0.1, 0.15) is 0 Å². The van der Waals surface area contributed by atoms with E-state index >= 15 is 0 Å². The maximum absolute atomic E-state index is 12.6. The summed E-state index contributed by atoms with van der Waals surface area (Å²) >= 11 is 8.63. The number of amides is 1. The highest BCUT2D eigenvalue weighted by Crippen LogP contribution is 2.26. The summed E-state index contributed by atoms with van der Waals surface area (Å²) in [5, 5.41) is 16.3. The van der Waals surface area contributed by atoms with E-state index in [0.29, 0.717) is 11.3 Å². The molecule has 0 aromatic heterocycles. The Labute approximate surface area is 163 Å². The first-order chi connectivity index (χ1) is 12.5. The van der Waals surface area contributed by atoms with E-state index in [1.807, 2.05) is 24.3 Å². The van der Waals surface area contributed by atoms with Crippen molar-refractivity contribution in [1.29, 1.82) is 0 Å². The summed E-state index contributed by atoms with van der Waals surface area (Å²) in [5.74, 6) is -1.46. The second kappa shape index (κ2) is 7.63. The van der Waals surface area contributed by atoms with Crippen molar-refractivity contribution in [2.75, 3.05) is 5.32 Å². The van der Waals surface area contributed by atoms with E-state index in [4.69, 9.17) is 12.2 Å². The van der Waals surface area contributed by atoms with E-state index in [-0.39, 0.29) is 16.6 Å². The molecule has 3 rings (SSSR count). The van der Waals surface area contributed by atoms with E-state index in [9.17, 15) is 14.7 Å². The van der Waals surface area contributed by atoms with E-state index in [1.165, 1.54) is 6.07 Å². The van der Waals surface area contributed by atoms with Crippen molar-refractivity contribution in [1.82, 2.24) is 5.32 Å². The Bertz CT molecular complexity index is 1040. The summed E-state index contributed by atoms with van der Waals surface area (Å²) in [6, 6.07) is 17.3. The topological polar surface area (TPSA) is 78.4 Å². The molecular weight excluding hydrogens is 416 g/mol. The minimum atomic E-state index is -1.08. The molecule has 3 N–H and O–H groups in total. The molecule has 0 aliphatic rings. The van der Waals surface area contributed by atoms with Crippen molar-refractivity contribution in [3.05, 3.63) is 76.3 Å². The Balaban J connectivity index is 1.82. The minimum absolute atomic E-state index is 0.0238. The Morgan fingerprint density at radius 1 is 0.885 bits per heavy atom. The number of rotatable bonds is 3. The highest BCUT2D eigenvalue weighted by Gasteiger charge is 2.14. The van der Waals surface area contributed by atoms with Crippen LogP contribution in [0.2, 0.25) is 0 Å². The molecule has 0 spiro atoms. The van der Waals surface area contributed by atoms with Crippen molar-refractivity contribution in [2.45, 2.75) is 0 Å². The largest absolute Gasteiger partial charge is 0.478 e. The molecule has 0 unspecified atom stereocenters. The lowest BCUT2D eigenvalue weighted by Crippen LogP contribution is -2.34. The van der Waals surface area contributed by atoms with E-state index in [2.05, 4.69) is 26.6 Å². The lowest BCUT2D eigenvalue weighted by molar-refractivity contribution is 0.0698. The standard InChI is InChI=1S/C19H13BrN2O3S/c20-15-9-4-6-11-12(15)7-3-8-13(11)17(23)22-19(26)21-16-10-2-1-5-14(16)18(24)25/h1-10H,(H,24,25)(H2,21,22,23,26). The van der Waals surface area contributed by atoms with E-state index < -0.39 is 5.97 Å². The highest BCUT2D eigenvalue weighted by atomic mass is 79.9. The van der Waals surface area contributed by atoms with Gasteiger partial charge in [0.05, 0.1) is 11.3 Å². The van der Waals surface area contributed by atoms with Gasteiger partial charge in [-0.15, -0.1) is 0 Å². The van der Waals surface area contributed by atoms with Gasteiger partial charge in [-0.05, 0) is 47.3 Å². The summed E-state index contributed by atoms with van der Waals surface area (Å²) in [5.41, 5.74) is 0.851. The number of thiocarbonyl (C=S) groups is 1. The van der Waals surface area contributed by atoms with Crippen molar-refractivity contribution in [3.63, 3.8) is 0 Å². The van der Waals surface area contributed by atoms with Crippen LogP contribution in [0.4, 0.5) is 5.69 Å². The molecule has 0 aliphatic carbocycles. The first kappa shape index (κ1) is 18.0. The zero-order valence-electron chi connectivity index (χ0n) is 13.3. The summed E-state index contributed by atoms with van der Waals surface area (Å²) in [7, 11) is 0. The van der Waals surface area contributed by atoms with Gasteiger partial charge in [0.25, 0.3) is 5.91 Å². The monoisotopic (exact) mass is 428 g/mol. The van der Waals surface area contributed by atoms with Crippen LogP contribution in [0.15, 0.2) is 65.1 Å². The number of fused-ring (bicyclic) bond motifs is 1. The number of carbonyl (C=O) groups is 2. The number of halogens is 1. The fourth-order valence-corrected chi connectivity index (χ4v) is 3.27. The molecule has 0 fully saturated rings. The molecule has 130 valence electrons. The summed E-state index contributed by atoms with van der Waals surface area (Å²) in [6.07, 6.45) is 0. The average Bonchev–Trinajstić information content (AvgIpc) is 2.61. The third kappa shape index (κ3) is 3.74. The van der Waals surface area contributed by atoms with Crippen LogP contribution in [0.3, 0.4) is 0 Å². The Morgan fingerprint density at radius 2 is 1.54 bits per heavy atom. The van der Waals surface area contributed by atoms with E-state index in [1.54, 1.807) is 30.3 Å². The molecule has 3 aromatic rings. The molecule has 0 saturated heterocycles. The van der Waals surface area contributed by atoms with Gasteiger partial charge in [0.15, 0.2) is 5.11 Å². The predicted octanol–water partition coefficient (Wildman–Crippen LogP) is 4.43. The molecule has 0 heterocycles. The van der Waals surface area contributed by atoms with Crippen molar-refractivity contribution < 1.29 is 14.7 Å². The smallest absolute Gasteiger partial charge is 0.337 e. The molecule has 0 aliphatic heterocycles. The quantitative estimate of drug-likeness (QED) is 0.537. The predicted molar refractivity (Wildman–Crippen MR) is 109 cm³/mol. The maximum Gasteiger partial charge on any atom is 0.337 e. The highest BCUT2D eigenvalue weighted by molar-refractivity contribution is 9.10. The van der Waals surface area contributed by atoms with Crippen molar-refractivity contribution >= 4 is 61.6 Å². The molecule has 0 bridgehead atoms. The van der Waals surface area contributed by atoms with Gasteiger partial charge < -0.3 is 10.4 Å². The van der Waals surface area contributed by atoms with Crippen LogP contribution in [0.1, 0.15) is 20.7 Å². The maximum atomic E-state index is 12.6. The summed E-state index contributed by atoms with van der Waals surface area (Å²) in [6.45, 7) is 0. The molecule has 5 nitrogen and oxygen atoms in total. The minimum Gasteiger partial charge on any atom is -0.478 e. The normalized spacial score (nSPS) is 10.3. The van der Waals surface area contributed by atoms with Crippen molar-refractivity contribution in [2.24, 2.45) is 0 Å². The number of hydrogen-bond acceptors (Lipinski definition) is 3. The van der Waals surface area contributed by atoms with E-state index in [0.717, 1.165) is 15.2 Å². The molecule has 7 heteroatoms. The summed E-state index contributed by atoms with van der Waals surface area (Å²) < 4.78 is 0.890. The SMILES string of the molecule is O=C(O)c1ccccc1NC(=S)NC(=O)c1cccc2c(Br)cccc12. The number of hydrogen-bond donors (Lipinski definition) is 3. The van der Waals surface area contributed by atoms with Gasteiger partial charge in [0, 0.05) is 10.0 Å². The van der Waals surface area contributed by atoms with Crippen LogP contribution in [-0.2, 0) is 0 Å². The van der Waals surface area contributed by atoms with Gasteiger partial charge >= 0.3 is 5.97 Å². The third-order valence-electron chi connectivity index (χ3n) is 3.75. The van der Waals surface area contributed by atoms with Crippen LogP contribution < -0.4 is 10.6 Å². The van der Waals surface area contributed by atoms with Gasteiger partial charge in [-0.3, -0.25) is 10.1 Å². The third-order valence-corrected chi connectivity index (χ3v) is 4.64. The molecule has 0 radical (unpaired) electrons. The fraction of sp³-hybridized carbons (Fsp3) is 0. The number of carboxylic acid groups (broad SMARTS) is 1. The lowest BCUT2D eigenvalue weighted by Gasteiger charge is -2.12. The second-order valence-corrected chi connectivity index (χ2v) is 6.66. The number of nitrogens with one attached hydrogen (secondary N) is 2. The average molecular weight is 429 g/mol. The van der Waals surface area contributed by atoms with Gasteiger partial charge in [-0.25, -0.2) is 4.79 Å². The van der Waals surface area contributed by atoms with Gasteiger partial charge in [0.2, 0.25) is 0 Å². The van der Waals surface area contributed by atoms with Crippen LogP contribution in [0.5, 0.6) is 0 Å². The number of anilines is 1. The number of carbonyl (C=O) groups excluding carboxylic acids is 1. The molecule has 3 aromatic carbocycles. The molecule has 0 saturated carbocycles. The van der Waals surface area contributed by atoms with Crippen LogP contribution in [0, 0.1) is 0 Å². The first-order valence-corrected chi connectivity index (χ1v) is 8.79. The Hall–Kier alpha value is -2.77. The number of aromatic carboxylic acids is 1. The Kier molecular flexibility index (Phi) is 5.29. The van der Waals surface area contributed by atoms with Crippen LogP contribution >= 0.6 is 28.1 Å². The molecule has 0 atom stereocenters. The summed E-state index contributed by atoms with van der Waals surface area (Å²) in [4.78, 5) is 23.9. The van der Waals surface area contributed by atoms with Gasteiger partial charge in [-0.1, -0.05) is 52.3 Å². The van der Waals surface area contributed by atoms with Crippen molar-refractivity contribution in [3.8, 4) is 0 Å². The van der Waals surface area contributed by atoms with Crippen LogP contribution in [-0.4, -0.2) is 22.1 Å². The van der Waals surface area contributed by atoms with Crippen LogP contribution in [0.25, 0.3) is 10.8 Å². The molecule has 26 heavy (non-hydrogen) atoms. The Morgan fingerprint density at radius 3 is 2.31 bits per heavy atom. The molecule has 1 amide bonds. The zero-order valence-corrected chi connectivity index (χ0v) is 15.7. The number of para-hydroxylation sites is 1. The fourth-order valence-electron chi connectivity index (χ4n) is 2.57. The zero-order chi connectivity index (χ0) is 18.7.